The maximum Gasteiger partial charge on any atom is 0.0263 e. The Bertz CT molecular complexity index is 309. The minimum atomic E-state index is 1.02. The van der Waals surface area contributed by atoms with Crippen LogP contribution in [0.3, 0.4) is 0 Å². The van der Waals surface area contributed by atoms with Gasteiger partial charge >= 0.3 is 0 Å². The molecule has 1 aliphatic heterocycles. The first kappa shape index (κ1) is 7.29. The standard InChI is InChI=1S/C11H11N/c1-2-4-10(5-3-1)8-11-6-7-12-9-11/h1-5,7,9H,6,8H2. The van der Waals surface area contributed by atoms with Crippen molar-refractivity contribution in [2.45, 2.75) is 12.8 Å². The van der Waals surface area contributed by atoms with Gasteiger partial charge in [0.25, 0.3) is 0 Å². The monoisotopic (exact) mass is 157 g/mol. The van der Waals surface area contributed by atoms with Crippen LogP contribution in [0.5, 0.6) is 0 Å². The molecule has 0 amide bonds. The second kappa shape index (κ2) is 3.35. The lowest BCUT2D eigenvalue weighted by Crippen LogP contribution is -1.87. The molecule has 1 aromatic rings. The average molecular weight is 157 g/mol. The highest BCUT2D eigenvalue weighted by atomic mass is 14.7. The highest BCUT2D eigenvalue weighted by Gasteiger charge is 2.00. The fourth-order valence-electron chi connectivity index (χ4n) is 1.36. The van der Waals surface area contributed by atoms with Gasteiger partial charge in [-0.25, -0.2) is 0 Å². The number of aliphatic imine (C=N–C) groups is 1. The van der Waals surface area contributed by atoms with Crippen molar-refractivity contribution in [1.82, 2.24) is 0 Å². The second-order valence-corrected chi connectivity index (χ2v) is 2.99. The van der Waals surface area contributed by atoms with E-state index in [0.29, 0.717) is 0 Å². The van der Waals surface area contributed by atoms with E-state index in [2.05, 4.69) is 29.3 Å². The van der Waals surface area contributed by atoms with Crippen molar-refractivity contribution in [3.8, 4) is 0 Å². The Kier molecular flexibility index (Phi) is 2.04. The van der Waals surface area contributed by atoms with Gasteiger partial charge in [0, 0.05) is 18.8 Å². The van der Waals surface area contributed by atoms with Crippen molar-refractivity contribution in [2.24, 2.45) is 4.99 Å². The number of hydrogen-bond donors (Lipinski definition) is 0. The molecular weight excluding hydrogens is 146 g/mol. The van der Waals surface area contributed by atoms with Crippen LogP contribution in [0.1, 0.15) is 12.0 Å². The summed E-state index contributed by atoms with van der Waals surface area (Å²) in [5.41, 5.74) is 2.77. The Morgan fingerprint density at radius 3 is 2.67 bits per heavy atom. The molecule has 0 fully saturated rings. The van der Waals surface area contributed by atoms with Crippen molar-refractivity contribution in [3.63, 3.8) is 0 Å². The summed E-state index contributed by atoms with van der Waals surface area (Å²) >= 11 is 0. The highest BCUT2D eigenvalue weighted by Crippen LogP contribution is 2.13. The molecule has 0 radical (unpaired) electrons. The van der Waals surface area contributed by atoms with Gasteiger partial charge in [-0.3, -0.25) is 4.99 Å². The zero-order valence-corrected chi connectivity index (χ0v) is 6.90. The topological polar surface area (TPSA) is 12.4 Å². The summed E-state index contributed by atoms with van der Waals surface area (Å²) < 4.78 is 0. The van der Waals surface area contributed by atoms with Gasteiger partial charge in [0.05, 0.1) is 0 Å². The molecule has 12 heavy (non-hydrogen) atoms. The van der Waals surface area contributed by atoms with Gasteiger partial charge in [-0.05, 0) is 17.6 Å². The number of nitrogens with zero attached hydrogens (tertiary/aromatic N) is 1. The molecule has 0 saturated heterocycles. The number of benzene rings is 1. The molecule has 0 atom stereocenters. The summed E-state index contributed by atoms with van der Waals surface area (Å²) in [6, 6.07) is 10.5. The van der Waals surface area contributed by atoms with E-state index >= 15 is 0 Å². The van der Waals surface area contributed by atoms with Crippen molar-refractivity contribution >= 4 is 6.21 Å². The molecule has 0 aliphatic carbocycles. The van der Waals surface area contributed by atoms with E-state index in [9.17, 15) is 0 Å². The van der Waals surface area contributed by atoms with Crippen LogP contribution < -0.4 is 0 Å². The zero-order chi connectivity index (χ0) is 8.23. The third-order valence-electron chi connectivity index (χ3n) is 1.99. The SMILES string of the molecule is C1=NC=C(Cc2ccccc2)C1. The number of allylic oxidation sites excluding steroid dienone is 1. The summed E-state index contributed by atoms with van der Waals surface area (Å²) in [5, 5.41) is 0. The molecule has 2 rings (SSSR count). The Hall–Kier alpha value is -1.37. The van der Waals surface area contributed by atoms with Gasteiger partial charge in [0.1, 0.15) is 0 Å². The Morgan fingerprint density at radius 2 is 2.00 bits per heavy atom. The Balaban J connectivity index is 2.05. The lowest BCUT2D eigenvalue weighted by atomic mass is 10.1. The maximum absolute atomic E-state index is 4.07. The predicted molar refractivity (Wildman–Crippen MR) is 51.3 cm³/mol. The first-order chi connectivity index (χ1) is 5.95. The van der Waals surface area contributed by atoms with Crippen LogP contribution in [-0.2, 0) is 6.42 Å². The predicted octanol–water partition coefficient (Wildman–Crippen LogP) is 2.59. The molecular formula is C11H11N. The van der Waals surface area contributed by atoms with Crippen molar-refractivity contribution in [1.29, 1.82) is 0 Å². The third-order valence-corrected chi connectivity index (χ3v) is 1.99. The lowest BCUT2D eigenvalue weighted by molar-refractivity contribution is 1.11. The van der Waals surface area contributed by atoms with Crippen molar-refractivity contribution < 1.29 is 0 Å². The van der Waals surface area contributed by atoms with Crippen LogP contribution >= 0.6 is 0 Å². The van der Waals surface area contributed by atoms with Crippen LogP contribution in [0.25, 0.3) is 0 Å². The minimum absolute atomic E-state index is 1.02. The molecule has 1 aliphatic rings. The first-order valence-electron chi connectivity index (χ1n) is 4.18. The molecule has 0 unspecified atom stereocenters. The van der Waals surface area contributed by atoms with E-state index in [1.807, 2.05) is 18.5 Å². The third kappa shape index (κ3) is 1.62. The number of rotatable bonds is 2. The molecule has 1 heterocycles. The van der Waals surface area contributed by atoms with Crippen molar-refractivity contribution in [2.75, 3.05) is 0 Å². The van der Waals surface area contributed by atoms with Gasteiger partial charge in [0.15, 0.2) is 0 Å². The average Bonchev–Trinajstić information content (AvgIpc) is 2.59. The van der Waals surface area contributed by atoms with E-state index in [-0.39, 0.29) is 0 Å². The van der Waals surface area contributed by atoms with E-state index in [1.165, 1.54) is 11.1 Å². The molecule has 0 spiro atoms. The maximum atomic E-state index is 4.07. The smallest absolute Gasteiger partial charge is 0.0263 e. The molecule has 1 aromatic carbocycles. The molecule has 1 nitrogen and oxygen atoms in total. The minimum Gasteiger partial charge on any atom is -0.269 e. The Labute approximate surface area is 72.5 Å². The zero-order valence-electron chi connectivity index (χ0n) is 6.90. The summed E-state index contributed by atoms with van der Waals surface area (Å²) in [5.74, 6) is 0. The Morgan fingerprint density at radius 1 is 1.17 bits per heavy atom. The van der Waals surface area contributed by atoms with Gasteiger partial charge in [0.2, 0.25) is 0 Å². The van der Waals surface area contributed by atoms with Crippen LogP contribution in [0.15, 0.2) is 47.1 Å². The number of hydrogen-bond acceptors (Lipinski definition) is 1. The van der Waals surface area contributed by atoms with Crippen LogP contribution in [0, 0.1) is 0 Å². The van der Waals surface area contributed by atoms with E-state index in [1.54, 1.807) is 0 Å². The van der Waals surface area contributed by atoms with Crippen molar-refractivity contribution in [3.05, 3.63) is 47.7 Å². The largest absolute Gasteiger partial charge is 0.269 e. The molecule has 0 N–H and O–H groups in total. The summed E-state index contributed by atoms with van der Waals surface area (Å²) in [6.07, 6.45) is 5.99. The molecule has 0 saturated carbocycles. The summed E-state index contributed by atoms with van der Waals surface area (Å²) in [7, 11) is 0. The van der Waals surface area contributed by atoms with Gasteiger partial charge in [-0.2, -0.15) is 0 Å². The van der Waals surface area contributed by atoms with E-state index < -0.39 is 0 Å². The normalized spacial score (nSPS) is 14.8. The molecule has 0 aromatic heterocycles. The van der Waals surface area contributed by atoms with Gasteiger partial charge < -0.3 is 0 Å². The molecule has 0 bridgehead atoms. The van der Waals surface area contributed by atoms with Gasteiger partial charge in [-0.1, -0.05) is 30.3 Å². The summed E-state index contributed by atoms with van der Waals surface area (Å²) in [4.78, 5) is 4.07. The highest BCUT2D eigenvalue weighted by molar-refractivity contribution is 5.65. The van der Waals surface area contributed by atoms with Crippen LogP contribution in [-0.4, -0.2) is 6.21 Å². The van der Waals surface area contributed by atoms with E-state index in [4.69, 9.17) is 0 Å². The van der Waals surface area contributed by atoms with Crippen LogP contribution in [0.2, 0.25) is 0 Å². The summed E-state index contributed by atoms with van der Waals surface area (Å²) in [6.45, 7) is 0. The molecule has 1 heteroatoms. The van der Waals surface area contributed by atoms with E-state index in [0.717, 1.165) is 12.8 Å². The fourth-order valence-corrected chi connectivity index (χ4v) is 1.36. The fraction of sp³-hybridized carbons (Fsp3) is 0.182. The molecule has 60 valence electrons. The van der Waals surface area contributed by atoms with Gasteiger partial charge in [-0.15, -0.1) is 0 Å². The second-order valence-electron chi connectivity index (χ2n) is 2.99. The quantitative estimate of drug-likeness (QED) is 0.625. The first-order valence-corrected chi connectivity index (χ1v) is 4.18. The van der Waals surface area contributed by atoms with Crippen LogP contribution in [0.4, 0.5) is 0 Å². The lowest BCUT2D eigenvalue weighted by Gasteiger charge is -1.99.